The van der Waals surface area contributed by atoms with Crippen molar-refractivity contribution in [1.82, 2.24) is 20.1 Å². The summed E-state index contributed by atoms with van der Waals surface area (Å²) in [5.41, 5.74) is 5.12. The van der Waals surface area contributed by atoms with Crippen LogP contribution in [0.5, 0.6) is 5.75 Å². The van der Waals surface area contributed by atoms with Gasteiger partial charge in [-0.05, 0) is 67.8 Å². The first kappa shape index (κ1) is 24.0. The fourth-order valence-corrected chi connectivity index (χ4v) is 5.29. The lowest BCUT2D eigenvalue weighted by atomic mass is 9.92. The van der Waals surface area contributed by atoms with Crippen molar-refractivity contribution in [2.75, 3.05) is 20.1 Å². The highest BCUT2D eigenvalue weighted by molar-refractivity contribution is 5.96. The average Bonchev–Trinajstić information content (AvgIpc) is 3.40. The van der Waals surface area contributed by atoms with E-state index in [2.05, 4.69) is 22.1 Å². The second-order valence-corrected chi connectivity index (χ2v) is 9.48. The predicted octanol–water partition coefficient (Wildman–Crippen LogP) is 4.65. The summed E-state index contributed by atoms with van der Waals surface area (Å²) in [6.07, 6.45) is 5.54. The molecule has 186 valence electrons. The molecule has 0 spiro atoms. The highest BCUT2D eigenvalue weighted by atomic mass is 16.5. The van der Waals surface area contributed by atoms with Crippen molar-refractivity contribution >= 4 is 11.8 Å². The van der Waals surface area contributed by atoms with Crippen LogP contribution in [-0.2, 0) is 6.54 Å². The van der Waals surface area contributed by atoms with Crippen molar-refractivity contribution in [3.8, 4) is 16.9 Å². The zero-order valence-corrected chi connectivity index (χ0v) is 21.0. The second kappa shape index (κ2) is 10.1. The highest BCUT2D eigenvalue weighted by Crippen LogP contribution is 2.41. The molecule has 36 heavy (non-hydrogen) atoms. The number of nitrogens with one attached hydrogen (secondary N) is 1. The Balaban J connectivity index is 1.27. The van der Waals surface area contributed by atoms with Crippen LogP contribution in [0.3, 0.4) is 0 Å². The van der Waals surface area contributed by atoms with Gasteiger partial charge in [-0.1, -0.05) is 25.1 Å². The third-order valence-electron chi connectivity index (χ3n) is 7.26. The van der Waals surface area contributed by atoms with E-state index in [1.807, 2.05) is 67.4 Å². The monoisotopic (exact) mass is 484 g/mol. The molecule has 1 N–H and O–H groups in total. The maximum Gasteiger partial charge on any atom is 0.254 e. The fraction of sp³-hybridized carbons (Fsp3) is 0.345. The lowest BCUT2D eigenvalue weighted by Gasteiger charge is -2.32. The predicted molar refractivity (Wildman–Crippen MR) is 139 cm³/mol. The van der Waals surface area contributed by atoms with Crippen molar-refractivity contribution in [1.29, 1.82) is 0 Å². The van der Waals surface area contributed by atoms with Gasteiger partial charge in [-0.15, -0.1) is 0 Å². The summed E-state index contributed by atoms with van der Waals surface area (Å²) in [6.45, 7) is 6.41. The van der Waals surface area contributed by atoms with Gasteiger partial charge in [-0.3, -0.25) is 19.5 Å². The molecule has 1 aromatic heterocycles. The van der Waals surface area contributed by atoms with Crippen molar-refractivity contribution in [2.45, 2.75) is 45.5 Å². The Morgan fingerprint density at radius 3 is 2.83 bits per heavy atom. The fourth-order valence-electron chi connectivity index (χ4n) is 5.29. The molecule has 0 bridgehead atoms. The molecular weight excluding hydrogens is 452 g/mol. The van der Waals surface area contributed by atoms with Gasteiger partial charge in [0.2, 0.25) is 0 Å². The molecule has 1 unspecified atom stereocenters. The Hall–Kier alpha value is -3.71. The Kier molecular flexibility index (Phi) is 6.74. The molecule has 0 aliphatic carbocycles. The van der Waals surface area contributed by atoms with Gasteiger partial charge in [0.25, 0.3) is 11.8 Å². The average molecular weight is 485 g/mol. The Morgan fingerprint density at radius 1 is 1.14 bits per heavy atom. The lowest BCUT2D eigenvalue weighted by Crippen LogP contribution is -2.45. The molecular formula is C29H32N4O3. The molecule has 2 aromatic carbocycles. The summed E-state index contributed by atoms with van der Waals surface area (Å²) in [5.74, 6) is 0.599. The maximum absolute atomic E-state index is 13.2. The highest BCUT2D eigenvalue weighted by Gasteiger charge is 2.30. The summed E-state index contributed by atoms with van der Waals surface area (Å²) in [5, 5.41) is 3.00. The number of carbonyl (C=O) groups excluding carboxylic acids is 2. The third-order valence-corrected chi connectivity index (χ3v) is 7.26. The van der Waals surface area contributed by atoms with Gasteiger partial charge in [0.15, 0.2) is 0 Å². The van der Waals surface area contributed by atoms with Gasteiger partial charge in [-0.2, -0.15) is 0 Å². The van der Waals surface area contributed by atoms with E-state index in [1.165, 1.54) is 0 Å². The van der Waals surface area contributed by atoms with Gasteiger partial charge in [0, 0.05) is 48.6 Å². The number of benzene rings is 2. The topological polar surface area (TPSA) is 74.8 Å². The van der Waals surface area contributed by atoms with Crippen LogP contribution in [0, 0.1) is 0 Å². The standard InChI is InChI=1S/C29H32N4O3/c1-4-33-14-6-9-27(33)32(3)29(35)22-8-5-7-20(15-22)17-31-28(34)21-10-11-23-24-12-13-30-18-26(24)36-19(2)25(23)16-21/h5,7-8,10-13,15-16,18-19,27H,4,6,9,14,17H2,1-3H3,(H,31,34)/t19?,27-/m1/s1. The minimum atomic E-state index is -0.173. The number of amides is 2. The van der Waals surface area contributed by atoms with E-state index in [9.17, 15) is 9.59 Å². The molecule has 2 amide bonds. The van der Waals surface area contributed by atoms with Gasteiger partial charge in [0.05, 0.1) is 12.4 Å². The number of carbonyl (C=O) groups is 2. The van der Waals surface area contributed by atoms with Crippen LogP contribution in [0.1, 0.15) is 64.6 Å². The third kappa shape index (κ3) is 4.58. The van der Waals surface area contributed by atoms with Crippen LogP contribution in [0.2, 0.25) is 0 Å². The largest absolute Gasteiger partial charge is 0.484 e. The second-order valence-electron chi connectivity index (χ2n) is 9.48. The number of likely N-dealkylation sites (tertiary alicyclic amines) is 1. The van der Waals surface area contributed by atoms with E-state index >= 15 is 0 Å². The molecule has 2 aliphatic heterocycles. The first-order chi connectivity index (χ1) is 17.5. The lowest BCUT2D eigenvalue weighted by molar-refractivity contribution is 0.0547. The van der Waals surface area contributed by atoms with E-state index in [0.29, 0.717) is 17.7 Å². The van der Waals surface area contributed by atoms with Gasteiger partial charge < -0.3 is 15.0 Å². The van der Waals surface area contributed by atoms with E-state index in [4.69, 9.17) is 4.74 Å². The van der Waals surface area contributed by atoms with Crippen LogP contribution in [0.4, 0.5) is 0 Å². The molecule has 3 heterocycles. The molecule has 0 saturated carbocycles. The van der Waals surface area contributed by atoms with E-state index < -0.39 is 0 Å². The van der Waals surface area contributed by atoms with Crippen LogP contribution in [0.15, 0.2) is 60.9 Å². The number of aromatic nitrogens is 1. The quantitative estimate of drug-likeness (QED) is 0.552. The van der Waals surface area contributed by atoms with Gasteiger partial charge in [0.1, 0.15) is 11.9 Å². The molecule has 1 saturated heterocycles. The van der Waals surface area contributed by atoms with Crippen molar-refractivity contribution in [3.05, 3.63) is 83.2 Å². The van der Waals surface area contributed by atoms with Gasteiger partial charge in [-0.25, -0.2) is 0 Å². The van der Waals surface area contributed by atoms with E-state index in [1.54, 1.807) is 12.4 Å². The minimum absolute atomic E-state index is 0.00711. The van der Waals surface area contributed by atoms with Crippen LogP contribution in [0.25, 0.3) is 11.1 Å². The summed E-state index contributed by atoms with van der Waals surface area (Å²) in [4.78, 5) is 34.5. The number of nitrogens with zero attached hydrogens (tertiary/aromatic N) is 3. The molecule has 2 atom stereocenters. The Bertz CT molecular complexity index is 1290. The summed E-state index contributed by atoms with van der Waals surface area (Å²) < 4.78 is 5.99. The summed E-state index contributed by atoms with van der Waals surface area (Å²) in [7, 11) is 1.88. The number of fused-ring (bicyclic) bond motifs is 3. The van der Waals surface area contributed by atoms with E-state index in [-0.39, 0.29) is 24.1 Å². The first-order valence-electron chi connectivity index (χ1n) is 12.6. The zero-order chi connectivity index (χ0) is 25.2. The SMILES string of the molecule is CCN1CCC[C@@H]1N(C)C(=O)c1cccc(CNC(=O)c2ccc3c(c2)C(C)Oc2cnccc2-3)c1. The molecule has 7 heteroatoms. The first-order valence-corrected chi connectivity index (χ1v) is 12.6. The Labute approximate surface area is 212 Å². The van der Waals surface area contributed by atoms with Gasteiger partial charge >= 0.3 is 0 Å². The van der Waals surface area contributed by atoms with E-state index in [0.717, 1.165) is 53.9 Å². The minimum Gasteiger partial charge on any atom is -0.484 e. The van der Waals surface area contributed by atoms with Crippen LogP contribution < -0.4 is 10.1 Å². The molecule has 3 aromatic rings. The molecule has 5 rings (SSSR count). The van der Waals surface area contributed by atoms with Crippen molar-refractivity contribution in [2.24, 2.45) is 0 Å². The molecule has 0 radical (unpaired) electrons. The van der Waals surface area contributed by atoms with Crippen molar-refractivity contribution < 1.29 is 14.3 Å². The Morgan fingerprint density at radius 2 is 2.00 bits per heavy atom. The smallest absolute Gasteiger partial charge is 0.254 e. The normalized spacial score (nSPS) is 18.6. The summed E-state index contributed by atoms with van der Waals surface area (Å²) in [6, 6.07) is 15.2. The number of rotatable bonds is 6. The number of pyridine rings is 1. The summed E-state index contributed by atoms with van der Waals surface area (Å²) >= 11 is 0. The van der Waals surface area contributed by atoms with Crippen LogP contribution in [-0.4, -0.2) is 52.9 Å². The number of hydrogen-bond acceptors (Lipinski definition) is 5. The molecule has 1 fully saturated rings. The van der Waals surface area contributed by atoms with Crippen LogP contribution >= 0.6 is 0 Å². The maximum atomic E-state index is 13.2. The van der Waals surface area contributed by atoms with Crippen molar-refractivity contribution in [3.63, 3.8) is 0 Å². The number of ether oxygens (including phenoxy) is 1. The number of hydrogen-bond donors (Lipinski definition) is 1. The molecule has 2 aliphatic rings. The zero-order valence-electron chi connectivity index (χ0n) is 21.0. The molecule has 7 nitrogen and oxygen atoms in total.